The molecule has 0 aliphatic heterocycles. The number of alkyl halides is 3. The Morgan fingerprint density at radius 3 is 2.26 bits per heavy atom. The summed E-state index contributed by atoms with van der Waals surface area (Å²) < 4.78 is 38.5. The first-order valence-electron chi connectivity index (χ1n) is 6.40. The Labute approximate surface area is 108 Å². The number of nitrogens with one attached hydrogen (secondary N) is 1. The highest BCUT2D eigenvalue weighted by Crippen LogP contribution is 2.41. The molecule has 2 fully saturated rings. The van der Waals surface area contributed by atoms with Gasteiger partial charge in [-0.25, -0.2) is 0 Å². The second kappa shape index (κ2) is 5.02. The quantitative estimate of drug-likeness (QED) is 0.829. The molecule has 0 saturated heterocycles. The number of carbonyl (C=O) groups excluding carboxylic acids is 1. The van der Waals surface area contributed by atoms with Crippen LogP contribution >= 0.6 is 0 Å². The SMILES string of the molecule is O=C(O)[C@H]1C[C@H]1C(=O)NC1CCCCC1C(F)(F)F. The van der Waals surface area contributed by atoms with Crippen molar-refractivity contribution < 1.29 is 27.9 Å². The van der Waals surface area contributed by atoms with Gasteiger partial charge in [0.25, 0.3) is 0 Å². The Morgan fingerprint density at radius 1 is 1.11 bits per heavy atom. The number of hydrogen-bond donors (Lipinski definition) is 2. The largest absolute Gasteiger partial charge is 0.481 e. The molecule has 2 saturated carbocycles. The smallest absolute Gasteiger partial charge is 0.393 e. The summed E-state index contributed by atoms with van der Waals surface area (Å²) in [5.74, 6) is -4.50. The minimum Gasteiger partial charge on any atom is -0.481 e. The molecular formula is C12H16F3NO3. The van der Waals surface area contributed by atoms with Gasteiger partial charge in [0, 0.05) is 6.04 Å². The lowest BCUT2D eigenvalue weighted by molar-refractivity contribution is -0.189. The highest BCUT2D eigenvalue weighted by Gasteiger charge is 2.51. The average molecular weight is 279 g/mol. The van der Waals surface area contributed by atoms with Gasteiger partial charge in [0.1, 0.15) is 0 Å². The van der Waals surface area contributed by atoms with Gasteiger partial charge in [-0.1, -0.05) is 12.8 Å². The molecule has 0 aromatic carbocycles. The predicted octanol–water partition coefficient (Wildman–Crippen LogP) is 1.94. The zero-order chi connectivity index (χ0) is 14.2. The number of hydrogen-bond acceptors (Lipinski definition) is 2. The summed E-state index contributed by atoms with van der Waals surface area (Å²) in [4.78, 5) is 22.4. The molecule has 4 nitrogen and oxygen atoms in total. The predicted molar refractivity (Wildman–Crippen MR) is 59.2 cm³/mol. The molecule has 19 heavy (non-hydrogen) atoms. The summed E-state index contributed by atoms with van der Waals surface area (Å²) in [6.07, 6.45) is -2.58. The summed E-state index contributed by atoms with van der Waals surface area (Å²) in [5.41, 5.74) is 0. The van der Waals surface area contributed by atoms with Gasteiger partial charge in [-0.05, 0) is 19.3 Å². The van der Waals surface area contributed by atoms with Crippen molar-refractivity contribution in [2.45, 2.75) is 44.3 Å². The van der Waals surface area contributed by atoms with E-state index in [0.29, 0.717) is 19.3 Å². The number of carboxylic acids is 1. The number of halogens is 3. The number of carboxylic acid groups (broad SMARTS) is 1. The number of carbonyl (C=O) groups is 2. The van der Waals surface area contributed by atoms with E-state index in [1.807, 2.05) is 0 Å². The van der Waals surface area contributed by atoms with Crippen LogP contribution in [0.25, 0.3) is 0 Å². The number of rotatable bonds is 3. The van der Waals surface area contributed by atoms with Crippen LogP contribution in [-0.4, -0.2) is 29.2 Å². The van der Waals surface area contributed by atoms with Crippen molar-refractivity contribution in [2.75, 3.05) is 0 Å². The van der Waals surface area contributed by atoms with E-state index in [0.717, 1.165) is 0 Å². The lowest BCUT2D eigenvalue weighted by Gasteiger charge is -2.33. The van der Waals surface area contributed by atoms with Gasteiger partial charge in [0.15, 0.2) is 0 Å². The van der Waals surface area contributed by atoms with Gasteiger partial charge in [-0.2, -0.15) is 13.2 Å². The van der Waals surface area contributed by atoms with Crippen LogP contribution in [0.15, 0.2) is 0 Å². The third-order valence-corrected chi connectivity index (χ3v) is 3.96. The number of aliphatic carboxylic acids is 1. The molecule has 0 radical (unpaired) electrons. The molecule has 2 unspecified atom stereocenters. The Morgan fingerprint density at radius 2 is 1.74 bits per heavy atom. The molecule has 2 aliphatic rings. The van der Waals surface area contributed by atoms with Crippen molar-refractivity contribution in [1.29, 1.82) is 0 Å². The summed E-state index contributed by atoms with van der Waals surface area (Å²) in [7, 11) is 0. The second-order valence-corrected chi connectivity index (χ2v) is 5.33. The van der Waals surface area contributed by atoms with Crippen molar-refractivity contribution in [3.8, 4) is 0 Å². The van der Waals surface area contributed by atoms with E-state index < -0.39 is 41.8 Å². The van der Waals surface area contributed by atoms with Crippen LogP contribution in [0.2, 0.25) is 0 Å². The van der Waals surface area contributed by atoms with Crippen LogP contribution in [0.5, 0.6) is 0 Å². The van der Waals surface area contributed by atoms with E-state index in [2.05, 4.69) is 5.32 Å². The fraction of sp³-hybridized carbons (Fsp3) is 0.833. The number of amides is 1. The fourth-order valence-electron chi connectivity index (χ4n) is 2.74. The van der Waals surface area contributed by atoms with Crippen molar-refractivity contribution in [3.63, 3.8) is 0 Å². The minimum atomic E-state index is -4.31. The Bertz CT molecular complexity index is 383. The molecule has 0 aromatic heterocycles. The maximum atomic E-state index is 12.8. The highest BCUT2D eigenvalue weighted by atomic mass is 19.4. The zero-order valence-corrected chi connectivity index (χ0v) is 10.2. The molecule has 4 atom stereocenters. The zero-order valence-electron chi connectivity index (χ0n) is 10.2. The molecule has 0 bridgehead atoms. The molecule has 108 valence electrons. The highest BCUT2D eigenvalue weighted by molar-refractivity contribution is 5.89. The molecule has 1 amide bonds. The van der Waals surface area contributed by atoms with Crippen LogP contribution < -0.4 is 5.32 Å². The normalized spacial score (nSPS) is 34.7. The van der Waals surface area contributed by atoms with Crippen LogP contribution in [0.3, 0.4) is 0 Å². The Balaban J connectivity index is 1.93. The van der Waals surface area contributed by atoms with Crippen molar-refractivity contribution in [1.82, 2.24) is 5.32 Å². The van der Waals surface area contributed by atoms with E-state index in [-0.39, 0.29) is 12.8 Å². The standard InChI is InChI=1S/C12H16F3NO3/c13-12(14,15)8-3-1-2-4-9(8)16-10(17)6-5-7(6)11(18)19/h6-9H,1-5H2,(H,16,17)(H,18,19)/t6-,7+,8?,9?/m1/s1. The van der Waals surface area contributed by atoms with Gasteiger partial charge in [0.2, 0.25) is 5.91 Å². The Hall–Kier alpha value is -1.27. The first-order valence-corrected chi connectivity index (χ1v) is 6.40. The first-order chi connectivity index (χ1) is 8.80. The van der Waals surface area contributed by atoms with Crippen molar-refractivity contribution >= 4 is 11.9 Å². The maximum Gasteiger partial charge on any atom is 0.393 e. The maximum absolute atomic E-state index is 12.8. The third kappa shape index (κ3) is 3.19. The molecule has 0 heterocycles. The molecule has 2 N–H and O–H groups in total. The fourth-order valence-corrected chi connectivity index (χ4v) is 2.74. The summed E-state index contributed by atoms with van der Waals surface area (Å²) in [6.45, 7) is 0. The van der Waals surface area contributed by atoms with Crippen LogP contribution in [-0.2, 0) is 9.59 Å². The van der Waals surface area contributed by atoms with Crippen molar-refractivity contribution in [3.05, 3.63) is 0 Å². The van der Waals surface area contributed by atoms with Gasteiger partial charge in [-0.15, -0.1) is 0 Å². The van der Waals surface area contributed by atoms with E-state index in [1.165, 1.54) is 0 Å². The minimum absolute atomic E-state index is 0.0292. The third-order valence-electron chi connectivity index (χ3n) is 3.96. The first kappa shape index (κ1) is 14.1. The van der Waals surface area contributed by atoms with E-state index in [4.69, 9.17) is 5.11 Å². The Kier molecular flexibility index (Phi) is 3.73. The lowest BCUT2D eigenvalue weighted by Crippen LogP contribution is -2.48. The van der Waals surface area contributed by atoms with E-state index in [9.17, 15) is 22.8 Å². The summed E-state index contributed by atoms with van der Waals surface area (Å²) in [5, 5.41) is 11.1. The van der Waals surface area contributed by atoms with Crippen LogP contribution in [0, 0.1) is 17.8 Å². The molecule has 0 aromatic rings. The van der Waals surface area contributed by atoms with Gasteiger partial charge < -0.3 is 10.4 Å². The summed E-state index contributed by atoms with van der Waals surface area (Å²) in [6, 6.07) is -0.906. The monoisotopic (exact) mass is 279 g/mol. The van der Waals surface area contributed by atoms with Gasteiger partial charge >= 0.3 is 12.1 Å². The van der Waals surface area contributed by atoms with Crippen LogP contribution in [0.4, 0.5) is 13.2 Å². The molecular weight excluding hydrogens is 263 g/mol. The average Bonchev–Trinajstić information content (AvgIpc) is 3.08. The molecule has 0 spiro atoms. The van der Waals surface area contributed by atoms with Gasteiger partial charge in [-0.3, -0.25) is 9.59 Å². The second-order valence-electron chi connectivity index (χ2n) is 5.33. The van der Waals surface area contributed by atoms with E-state index >= 15 is 0 Å². The molecule has 2 aliphatic carbocycles. The summed E-state index contributed by atoms with van der Waals surface area (Å²) >= 11 is 0. The van der Waals surface area contributed by atoms with Crippen LogP contribution in [0.1, 0.15) is 32.1 Å². The van der Waals surface area contributed by atoms with Crippen molar-refractivity contribution in [2.24, 2.45) is 17.8 Å². The van der Waals surface area contributed by atoms with E-state index in [1.54, 1.807) is 0 Å². The lowest BCUT2D eigenvalue weighted by atomic mass is 9.84. The molecule has 7 heteroatoms. The topological polar surface area (TPSA) is 66.4 Å². The van der Waals surface area contributed by atoms with Gasteiger partial charge in [0.05, 0.1) is 17.8 Å². The molecule has 2 rings (SSSR count).